The highest BCUT2D eigenvalue weighted by Crippen LogP contribution is 2.24. The van der Waals surface area contributed by atoms with Crippen LogP contribution in [0.25, 0.3) is 0 Å². The van der Waals surface area contributed by atoms with Gasteiger partial charge in [0.15, 0.2) is 0 Å². The number of aryl methyl sites for hydroxylation is 2. The first-order valence-corrected chi connectivity index (χ1v) is 8.55. The molecule has 0 saturated carbocycles. The Balaban J connectivity index is 1.85. The molecule has 25 heavy (non-hydrogen) atoms. The van der Waals surface area contributed by atoms with Crippen molar-refractivity contribution >= 4 is 34.8 Å². The molecule has 3 rings (SSSR count). The number of carbonyl (C=O) groups is 1. The summed E-state index contributed by atoms with van der Waals surface area (Å²) in [6.45, 7) is 4.15. The second-order valence-electron chi connectivity index (χ2n) is 5.82. The van der Waals surface area contributed by atoms with E-state index in [1.54, 1.807) is 11.6 Å². The molecule has 3 aromatic rings. The number of halogens is 2. The Morgan fingerprint density at radius 3 is 2.44 bits per heavy atom. The SMILES string of the molecule is Cc1ccc(NC(=O)c2c(C)nn(Cc3ccccc3Cl)c2Cl)cc1. The number of benzene rings is 2. The lowest BCUT2D eigenvalue weighted by atomic mass is 10.2. The fourth-order valence-electron chi connectivity index (χ4n) is 2.53. The Bertz CT molecular complexity index is 917. The van der Waals surface area contributed by atoms with Gasteiger partial charge >= 0.3 is 0 Å². The number of nitrogens with zero attached hydrogens (tertiary/aromatic N) is 2. The second-order valence-corrected chi connectivity index (χ2v) is 6.59. The van der Waals surface area contributed by atoms with Crippen molar-refractivity contribution in [1.29, 1.82) is 0 Å². The van der Waals surface area contributed by atoms with Crippen molar-refractivity contribution in [2.45, 2.75) is 20.4 Å². The van der Waals surface area contributed by atoms with Gasteiger partial charge in [0.25, 0.3) is 5.91 Å². The molecule has 1 amide bonds. The maximum absolute atomic E-state index is 12.6. The van der Waals surface area contributed by atoms with Crippen LogP contribution in [0.1, 0.15) is 27.2 Å². The first-order valence-electron chi connectivity index (χ1n) is 7.80. The molecule has 6 heteroatoms. The van der Waals surface area contributed by atoms with Crippen molar-refractivity contribution in [2.75, 3.05) is 5.32 Å². The van der Waals surface area contributed by atoms with Gasteiger partial charge in [-0.15, -0.1) is 0 Å². The summed E-state index contributed by atoms with van der Waals surface area (Å²) in [6.07, 6.45) is 0. The molecule has 0 unspecified atom stereocenters. The maximum atomic E-state index is 12.6. The smallest absolute Gasteiger partial charge is 0.260 e. The van der Waals surface area contributed by atoms with E-state index in [1.165, 1.54) is 0 Å². The van der Waals surface area contributed by atoms with Gasteiger partial charge in [-0.25, -0.2) is 4.68 Å². The fraction of sp³-hybridized carbons (Fsp3) is 0.158. The summed E-state index contributed by atoms with van der Waals surface area (Å²) in [5.74, 6) is -0.281. The van der Waals surface area contributed by atoms with E-state index in [0.29, 0.717) is 33.7 Å². The van der Waals surface area contributed by atoms with Crippen molar-refractivity contribution < 1.29 is 4.79 Å². The first-order chi connectivity index (χ1) is 12.0. The van der Waals surface area contributed by atoms with E-state index in [0.717, 1.165) is 11.1 Å². The first kappa shape index (κ1) is 17.5. The Morgan fingerprint density at radius 2 is 1.76 bits per heavy atom. The van der Waals surface area contributed by atoms with E-state index < -0.39 is 0 Å². The summed E-state index contributed by atoms with van der Waals surface area (Å²) in [6, 6.07) is 15.1. The van der Waals surface area contributed by atoms with Gasteiger partial charge in [0, 0.05) is 10.7 Å². The van der Waals surface area contributed by atoms with E-state index in [1.807, 2.05) is 55.5 Å². The van der Waals surface area contributed by atoms with Crippen LogP contribution in [0.5, 0.6) is 0 Å². The van der Waals surface area contributed by atoms with E-state index in [4.69, 9.17) is 23.2 Å². The minimum absolute atomic E-state index is 0.281. The van der Waals surface area contributed by atoms with Crippen molar-refractivity contribution in [3.63, 3.8) is 0 Å². The minimum atomic E-state index is -0.281. The lowest BCUT2D eigenvalue weighted by Crippen LogP contribution is -2.13. The maximum Gasteiger partial charge on any atom is 0.260 e. The summed E-state index contributed by atoms with van der Waals surface area (Å²) >= 11 is 12.6. The van der Waals surface area contributed by atoms with Crippen molar-refractivity contribution in [2.24, 2.45) is 0 Å². The summed E-state index contributed by atoms with van der Waals surface area (Å²) in [7, 11) is 0. The second kappa shape index (κ2) is 7.30. The fourth-order valence-corrected chi connectivity index (χ4v) is 3.05. The van der Waals surface area contributed by atoms with Gasteiger partial charge in [0.1, 0.15) is 5.15 Å². The monoisotopic (exact) mass is 373 g/mol. The Kier molecular flexibility index (Phi) is 5.11. The zero-order valence-electron chi connectivity index (χ0n) is 13.9. The van der Waals surface area contributed by atoms with Gasteiger partial charge in [-0.3, -0.25) is 4.79 Å². The molecular formula is C19H17Cl2N3O. The van der Waals surface area contributed by atoms with Gasteiger partial charge < -0.3 is 5.32 Å². The van der Waals surface area contributed by atoms with Crippen LogP contribution in [0.2, 0.25) is 10.2 Å². The lowest BCUT2D eigenvalue weighted by molar-refractivity contribution is 0.102. The van der Waals surface area contributed by atoms with Crippen LogP contribution in [-0.4, -0.2) is 15.7 Å². The van der Waals surface area contributed by atoms with Crippen LogP contribution < -0.4 is 5.32 Å². The number of carbonyl (C=O) groups excluding carboxylic acids is 1. The van der Waals surface area contributed by atoms with E-state index in [2.05, 4.69) is 10.4 Å². The topological polar surface area (TPSA) is 46.9 Å². The number of hydrogen-bond donors (Lipinski definition) is 1. The van der Waals surface area contributed by atoms with Gasteiger partial charge in [-0.05, 0) is 37.6 Å². The lowest BCUT2D eigenvalue weighted by Gasteiger charge is -2.07. The molecule has 2 aromatic carbocycles. The molecule has 0 spiro atoms. The Hall–Kier alpha value is -2.30. The van der Waals surface area contributed by atoms with E-state index >= 15 is 0 Å². The normalized spacial score (nSPS) is 10.7. The molecule has 1 N–H and O–H groups in total. The molecule has 128 valence electrons. The molecule has 0 fully saturated rings. The third-order valence-electron chi connectivity index (χ3n) is 3.88. The number of anilines is 1. The number of nitrogens with one attached hydrogen (secondary N) is 1. The third kappa shape index (κ3) is 3.86. The van der Waals surface area contributed by atoms with Crippen LogP contribution >= 0.6 is 23.2 Å². The standard InChI is InChI=1S/C19H17Cl2N3O/c1-12-7-9-15(10-8-12)22-19(25)17-13(2)23-24(18(17)21)11-14-5-3-4-6-16(14)20/h3-10H,11H2,1-2H3,(H,22,25). The molecule has 0 aliphatic carbocycles. The highest BCUT2D eigenvalue weighted by molar-refractivity contribution is 6.34. The molecule has 4 nitrogen and oxygen atoms in total. The third-order valence-corrected chi connectivity index (χ3v) is 4.63. The molecule has 0 saturated heterocycles. The zero-order valence-corrected chi connectivity index (χ0v) is 15.4. The summed E-state index contributed by atoms with van der Waals surface area (Å²) in [5.41, 5.74) is 3.67. The molecular weight excluding hydrogens is 357 g/mol. The van der Waals surface area contributed by atoms with Gasteiger partial charge in [0.2, 0.25) is 0 Å². The van der Waals surface area contributed by atoms with Gasteiger partial charge in [-0.2, -0.15) is 5.10 Å². The van der Waals surface area contributed by atoms with Crippen LogP contribution in [0.3, 0.4) is 0 Å². The van der Waals surface area contributed by atoms with Crippen LogP contribution in [0, 0.1) is 13.8 Å². The Labute approximate surface area is 156 Å². The molecule has 0 atom stereocenters. The van der Waals surface area contributed by atoms with Gasteiger partial charge in [0.05, 0.1) is 17.8 Å². The quantitative estimate of drug-likeness (QED) is 0.690. The van der Waals surface area contributed by atoms with Crippen LogP contribution in [-0.2, 0) is 6.54 Å². The molecule has 0 aliphatic heterocycles. The van der Waals surface area contributed by atoms with Crippen molar-refractivity contribution in [3.8, 4) is 0 Å². The zero-order chi connectivity index (χ0) is 18.0. The van der Waals surface area contributed by atoms with E-state index in [-0.39, 0.29) is 5.91 Å². The molecule has 1 heterocycles. The molecule has 0 bridgehead atoms. The summed E-state index contributed by atoms with van der Waals surface area (Å²) < 4.78 is 1.59. The van der Waals surface area contributed by atoms with Crippen LogP contribution in [0.4, 0.5) is 5.69 Å². The molecule has 1 aromatic heterocycles. The molecule has 0 aliphatic rings. The number of aromatic nitrogens is 2. The number of rotatable bonds is 4. The van der Waals surface area contributed by atoms with Crippen molar-refractivity contribution in [1.82, 2.24) is 9.78 Å². The highest BCUT2D eigenvalue weighted by atomic mass is 35.5. The number of hydrogen-bond acceptors (Lipinski definition) is 2. The summed E-state index contributed by atoms with van der Waals surface area (Å²) in [5, 5.41) is 8.17. The van der Waals surface area contributed by atoms with Gasteiger partial charge in [-0.1, -0.05) is 59.1 Å². The minimum Gasteiger partial charge on any atom is -0.322 e. The number of amides is 1. The van der Waals surface area contributed by atoms with Crippen molar-refractivity contribution in [3.05, 3.63) is 81.1 Å². The summed E-state index contributed by atoms with van der Waals surface area (Å²) in [4.78, 5) is 12.6. The predicted octanol–water partition coefficient (Wildman–Crippen LogP) is 5.11. The predicted molar refractivity (Wildman–Crippen MR) is 102 cm³/mol. The molecule has 0 radical (unpaired) electrons. The largest absolute Gasteiger partial charge is 0.322 e. The highest BCUT2D eigenvalue weighted by Gasteiger charge is 2.21. The average molecular weight is 374 g/mol. The van der Waals surface area contributed by atoms with E-state index in [9.17, 15) is 4.79 Å². The average Bonchev–Trinajstić information content (AvgIpc) is 2.86. The Morgan fingerprint density at radius 1 is 1.08 bits per heavy atom. The van der Waals surface area contributed by atoms with Crippen LogP contribution in [0.15, 0.2) is 48.5 Å².